The van der Waals surface area contributed by atoms with E-state index in [9.17, 15) is 4.79 Å². The van der Waals surface area contributed by atoms with Crippen LogP contribution < -0.4 is 5.32 Å². The fraction of sp³-hybridized carbons (Fsp3) is 0.778. The van der Waals surface area contributed by atoms with Crippen molar-refractivity contribution in [2.24, 2.45) is 5.41 Å². The van der Waals surface area contributed by atoms with Crippen LogP contribution in [0, 0.1) is 16.7 Å². The molecular weight excluding hydrogens is 168 g/mol. The number of carbonyl (C=O) groups excluding carboxylic acids is 1. The van der Waals surface area contributed by atoms with Gasteiger partial charge in [-0.25, -0.2) is 0 Å². The maximum Gasteiger partial charge on any atom is 0.240 e. The summed E-state index contributed by atoms with van der Waals surface area (Å²) in [7, 11) is 1.58. The Labute approximate surface area is 77.9 Å². The highest BCUT2D eigenvalue weighted by molar-refractivity contribution is 5.88. The van der Waals surface area contributed by atoms with E-state index in [0.29, 0.717) is 19.4 Å². The first-order chi connectivity index (χ1) is 6.14. The lowest BCUT2D eigenvalue weighted by molar-refractivity contribution is -0.125. The molecule has 13 heavy (non-hydrogen) atoms. The zero-order valence-corrected chi connectivity index (χ0v) is 7.96. The van der Waals surface area contributed by atoms with Crippen LogP contribution in [0.15, 0.2) is 0 Å². The van der Waals surface area contributed by atoms with Crippen molar-refractivity contribution in [3.63, 3.8) is 0 Å². The summed E-state index contributed by atoms with van der Waals surface area (Å²) in [6, 6.07) is 2.02. The minimum atomic E-state index is -0.720. The molecule has 0 spiro atoms. The zero-order valence-electron chi connectivity index (χ0n) is 7.96. The molecule has 1 saturated carbocycles. The third kappa shape index (κ3) is 2.19. The van der Waals surface area contributed by atoms with Crippen LogP contribution in [-0.4, -0.2) is 25.7 Å². The molecule has 1 aliphatic carbocycles. The Bertz CT molecular complexity index is 240. The molecular formula is C9H14N2O2. The first kappa shape index (κ1) is 10.0. The van der Waals surface area contributed by atoms with E-state index < -0.39 is 5.41 Å². The smallest absolute Gasteiger partial charge is 0.240 e. The second kappa shape index (κ2) is 3.75. The highest BCUT2D eigenvalue weighted by Crippen LogP contribution is 2.45. The Morgan fingerprint density at radius 2 is 2.38 bits per heavy atom. The lowest BCUT2D eigenvalue weighted by Gasteiger charge is -2.14. The number of nitrogens with one attached hydrogen (secondary N) is 1. The fourth-order valence-electron chi connectivity index (χ4n) is 1.17. The molecule has 0 bridgehead atoms. The van der Waals surface area contributed by atoms with Crippen LogP contribution in [0.25, 0.3) is 0 Å². The first-order valence-electron chi connectivity index (χ1n) is 4.36. The standard InChI is InChI=1S/C9H14N2O2/c1-7(5-13-2)11-8(12)9(6-10)3-4-9/h7H,3-5H2,1-2H3,(H,11,12). The van der Waals surface area contributed by atoms with Gasteiger partial charge in [-0.2, -0.15) is 5.26 Å². The van der Waals surface area contributed by atoms with Gasteiger partial charge < -0.3 is 10.1 Å². The van der Waals surface area contributed by atoms with Crippen molar-refractivity contribution in [2.75, 3.05) is 13.7 Å². The maximum absolute atomic E-state index is 11.5. The second-order valence-corrected chi connectivity index (χ2v) is 3.52. The largest absolute Gasteiger partial charge is 0.383 e. The molecule has 1 rings (SSSR count). The number of ether oxygens (including phenoxy) is 1. The van der Waals surface area contributed by atoms with E-state index >= 15 is 0 Å². The molecule has 4 nitrogen and oxygen atoms in total. The van der Waals surface area contributed by atoms with Gasteiger partial charge >= 0.3 is 0 Å². The molecule has 1 atom stereocenters. The lowest BCUT2D eigenvalue weighted by atomic mass is 10.1. The second-order valence-electron chi connectivity index (χ2n) is 3.52. The average Bonchev–Trinajstić information content (AvgIpc) is 2.84. The number of nitriles is 1. The van der Waals surface area contributed by atoms with Crippen molar-refractivity contribution in [1.82, 2.24) is 5.32 Å². The summed E-state index contributed by atoms with van der Waals surface area (Å²) in [5.74, 6) is -0.153. The van der Waals surface area contributed by atoms with E-state index in [1.54, 1.807) is 7.11 Å². The first-order valence-corrected chi connectivity index (χ1v) is 4.36. The summed E-state index contributed by atoms with van der Waals surface area (Å²) in [5.41, 5.74) is -0.720. The predicted molar refractivity (Wildman–Crippen MR) is 46.8 cm³/mol. The van der Waals surface area contributed by atoms with Crippen LogP contribution >= 0.6 is 0 Å². The zero-order chi connectivity index (χ0) is 9.90. The average molecular weight is 182 g/mol. The summed E-state index contributed by atoms with van der Waals surface area (Å²) < 4.78 is 4.87. The van der Waals surface area contributed by atoms with E-state index in [4.69, 9.17) is 10.00 Å². The third-order valence-corrected chi connectivity index (χ3v) is 2.19. The van der Waals surface area contributed by atoms with Gasteiger partial charge in [0.15, 0.2) is 0 Å². The van der Waals surface area contributed by atoms with Gasteiger partial charge in [0, 0.05) is 13.2 Å². The molecule has 1 N–H and O–H groups in total. The number of hydrogen-bond acceptors (Lipinski definition) is 3. The number of hydrogen-bond donors (Lipinski definition) is 1. The molecule has 0 aromatic heterocycles. The molecule has 0 aromatic rings. The highest BCUT2D eigenvalue weighted by Gasteiger charge is 2.50. The van der Waals surface area contributed by atoms with Crippen molar-refractivity contribution in [1.29, 1.82) is 5.26 Å². The Hall–Kier alpha value is -1.08. The molecule has 0 aliphatic heterocycles. The molecule has 0 radical (unpaired) electrons. The molecule has 0 aromatic carbocycles. The summed E-state index contributed by atoms with van der Waals surface area (Å²) in [6.07, 6.45) is 1.38. The van der Waals surface area contributed by atoms with Crippen LogP contribution in [0.1, 0.15) is 19.8 Å². The quantitative estimate of drug-likeness (QED) is 0.686. The van der Waals surface area contributed by atoms with Gasteiger partial charge in [0.2, 0.25) is 5.91 Å². The van der Waals surface area contributed by atoms with Crippen molar-refractivity contribution in [3.05, 3.63) is 0 Å². The summed E-state index contributed by atoms with van der Waals surface area (Å²) in [4.78, 5) is 11.5. The molecule has 4 heteroatoms. The number of rotatable bonds is 4. The van der Waals surface area contributed by atoms with Gasteiger partial charge in [0.1, 0.15) is 5.41 Å². The third-order valence-electron chi connectivity index (χ3n) is 2.19. The molecule has 1 fully saturated rings. The molecule has 1 amide bonds. The summed E-state index contributed by atoms with van der Waals surface area (Å²) in [6.45, 7) is 2.34. The summed E-state index contributed by atoms with van der Waals surface area (Å²) >= 11 is 0. The van der Waals surface area contributed by atoms with Gasteiger partial charge in [0.25, 0.3) is 0 Å². The van der Waals surface area contributed by atoms with Crippen molar-refractivity contribution in [2.45, 2.75) is 25.8 Å². The maximum atomic E-state index is 11.5. The normalized spacial score (nSPS) is 20.1. The minimum Gasteiger partial charge on any atom is -0.383 e. The van der Waals surface area contributed by atoms with Crippen LogP contribution in [0.3, 0.4) is 0 Å². The van der Waals surface area contributed by atoms with E-state index in [0.717, 1.165) is 0 Å². The number of carbonyl (C=O) groups is 1. The molecule has 1 unspecified atom stereocenters. The Morgan fingerprint density at radius 3 is 2.77 bits per heavy atom. The van der Waals surface area contributed by atoms with E-state index in [-0.39, 0.29) is 11.9 Å². The Morgan fingerprint density at radius 1 is 1.77 bits per heavy atom. The number of nitrogens with zero attached hydrogens (tertiary/aromatic N) is 1. The molecule has 0 saturated heterocycles. The van der Waals surface area contributed by atoms with Gasteiger partial charge in [-0.15, -0.1) is 0 Å². The van der Waals surface area contributed by atoms with Crippen LogP contribution in [0.2, 0.25) is 0 Å². The van der Waals surface area contributed by atoms with E-state index in [1.807, 2.05) is 13.0 Å². The number of methoxy groups -OCH3 is 1. The van der Waals surface area contributed by atoms with E-state index in [1.165, 1.54) is 0 Å². The molecule has 72 valence electrons. The Balaban J connectivity index is 2.38. The van der Waals surface area contributed by atoms with Crippen LogP contribution in [-0.2, 0) is 9.53 Å². The van der Waals surface area contributed by atoms with Gasteiger partial charge in [0.05, 0.1) is 12.7 Å². The van der Waals surface area contributed by atoms with Crippen LogP contribution in [0.4, 0.5) is 0 Å². The topological polar surface area (TPSA) is 62.1 Å². The van der Waals surface area contributed by atoms with Gasteiger partial charge in [-0.3, -0.25) is 4.79 Å². The monoisotopic (exact) mass is 182 g/mol. The van der Waals surface area contributed by atoms with Gasteiger partial charge in [-0.1, -0.05) is 0 Å². The van der Waals surface area contributed by atoms with E-state index in [2.05, 4.69) is 5.32 Å². The van der Waals surface area contributed by atoms with Crippen molar-refractivity contribution < 1.29 is 9.53 Å². The SMILES string of the molecule is COCC(C)NC(=O)C1(C#N)CC1. The predicted octanol–water partition coefficient (Wildman–Crippen LogP) is 0.441. The highest BCUT2D eigenvalue weighted by atomic mass is 16.5. The Kier molecular flexibility index (Phi) is 2.89. The van der Waals surface area contributed by atoms with Gasteiger partial charge in [-0.05, 0) is 19.8 Å². The number of amides is 1. The van der Waals surface area contributed by atoms with Crippen molar-refractivity contribution in [3.8, 4) is 6.07 Å². The molecule has 1 aliphatic rings. The lowest BCUT2D eigenvalue weighted by Crippen LogP contribution is -2.40. The van der Waals surface area contributed by atoms with Crippen molar-refractivity contribution >= 4 is 5.91 Å². The molecule has 0 heterocycles. The van der Waals surface area contributed by atoms with Crippen LogP contribution in [0.5, 0.6) is 0 Å². The summed E-state index contributed by atoms with van der Waals surface area (Å²) in [5, 5.41) is 11.5. The fourth-order valence-corrected chi connectivity index (χ4v) is 1.17. The minimum absolute atomic E-state index is 0.0247.